The molecule has 1 fully saturated rings. The Balaban J connectivity index is 1.75. The summed E-state index contributed by atoms with van der Waals surface area (Å²) < 4.78 is 1.80. The molecule has 3 aromatic rings. The lowest BCUT2D eigenvalue weighted by atomic mass is 10.1. The van der Waals surface area contributed by atoms with Crippen LogP contribution in [0.1, 0.15) is 23.6 Å². The number of aromatic nitrogens is 2. The molecule has 5 nitrogen and oxygen atoms in total. The van der Waals surface area contributed by atoms with Gasteiger partial charge in [-0.1, -0.05) is 11.6 Å². The van der Waals surface area contributed by atoms with Crippen LogP contribution in [0.2, 0.25) is 5.02 Å². The third kappa shape index (κ3) is 2.51. The first-order valence-corrected chi connectivity index (χ1v) is 8.39. The predicted molar refractivity (Wildman–Crippen MR) is 96.8 cm³/mol. The van der Waals surface area contributed by atoms with Gasteiger partial charge in [0.05, 0.1) is 29.5 Å². The number of nitrogens with zero attached hydrogens (tertiary/aromatic N) is 3. The average Bonchev–Trinajstić information content (AvgIpc) is 3.10. The maximum Gasteiger partial charge on any atom is 0.257 e. The number of carbonyl (C=O) groups is 2. The summed E-state index contributed by atoms with van der Waals surface area (Å²) in [5.74, 6) is -0.465. The van der Waals surface area contributed by atoms with Crippen molar-refractivity contribution >= 4 is 40.1 Å². The monoisotopic (exact) mass is 353 g/mol. The third-order valence-corrected chi connectivity index (χ3v) is 4.99. The number of benzene rings is 2. The molecule has 0 saturated carbocycles. The smallest absolute Gasteiger partial charge is 0.257 e. The summed E-state index contributed by atoms with van der Waals surface area (Å²) in [4.78, 5) is 31.0. The molecule has 0 spiro atoms. The van der Waals surface area contributed by atoms with Crippen molar-refractivity contribution in [2.45, 2.75) is 26.3 Å². The Kier molecular flexibility index (Phi) is 3.62. The molecule has 126 valence electrons. The number of aryl methyl sites for hydroxylation is 2. The Morgan fingerprint density at radius 1 is 1.08 bits per heavy atom. The van der Waals surface area contributed by atoms with Crippen LogP contribution in [0.4, 0.5) is 5.69 Å². The van der Waals surface area contributed by atoms with Crippen molar-refractivity contribution in [3.8, 4) is 0 Å². The van der Waals surface area contributed by atoms with Crippen LogP contribution in [-0.2, 0) is 9.59 Å². The van der Waals surface area contributed by atoms with Crippen LogP contribution in [0.15, 0.2) is 42.7 Å². The minimum atomic E-state index is -0.574. The molecule has 1 aliphatic heterocycles. The first kappa shape index (κ1) is 15.8. The van der Waals surface area contributed by atoms with Crippen LogP contribution in [-0.4, -0.2) is 21.4 Å². The van der Waals surface area contributed by atoms with E-state index in [1.807, 2.05) is 26.0 Å². The molecule has 1 atom stereocenters. The minimum Gasteiger partial charge on any atom is -0.317 e. The van der Waals surface area contributed by atoms with Gasteiger partial charge >= 0.3 is 0 Å². The van der Waals surface area contributed by atoms with Crippen molar-refractivity contribution in [3.63, 3.8) is 0 Å². The number of imide groups is 1. The molecule has 4 rings (SSSR count). The highest BCUT2D eigenvalue weighted by Crippen LogP contribution is 2.32. The second-order valence-corrected chi connectivity index (χ2v) is 6.78. The number of amides is 2. The maximum absolute atomic E-state index is 12.9. The highest BCUT2D eigenvalue weighted by Gasteiger charge is 2.41. The zero-order valence-electron chi connectivity index (χ0n) is 13.9. The van der Waals surface area contributed by atoms with Gasteiger partial charge in [-0.15, -0.1) is 0 Å². The summed E-state index contributed by atoms with van der Waals surface area (Å²) in [6, 6.07) is 10.1. The summed E-state index contributed by atoms with van der Waals surface area (Å²) in [7, 11) is 0. The molecule has 25 heavy (non-hydrogen) atoms. The standard InChI is InChI=1S/C19H16ClN3O2/c1-11-7-15-16(8-12(11)2)22(10-21-15)17-9-18(24)23(19(17)25)14-5-3-13(20)4-6-14/h3-8,10,17H,9H2,1-2H3. The number of imidazole rings is 1. The fourth-order valence-corrected chi connectivity index (χ4v) is 3.35. The molecule has 2 aromatic carbocycles. The van der Waals surface area contributed by atoms with Gasteiger partial charge in [0.1, 0.15) is 6.04 Å². The molecular formula is C19H16ClN3O2. The molecule has 0 aliphatic carbocycles. The number of halogens is 1. The van der Waals surface area contributed by atoms with E-state index in [-0.39, 0.29) is 18.2 Å². The summed E-state index contributed by atoms with van der Waals surface area (Å²) in [6.45, 7) is 4.05. The molecule has 1 aromatic heterocycles. The van der Waals surface area contributed by atoms with Crippen molar-refractivity contribution in [3.05, 3.63) is 58.9 Å². The quantitative estimate of drug-likeness (QED) is 0.658. The minimum absolute atomic E-state index is 0.125. The van der Waals surface area contributed by atoms with Gasteiger partial charge in [-0.05, 0) is 61.4 Å². The van der Waals surface area contributed by atoms with Crippen molar-refractivity contribution in [2.75, 3.05) is 4.90 Å². The maximum atomic E-state index is 12.9. The zero-order chi connectivity index (χ0) is 17.7. The van der Waals surface area contributed by atoms with Gasteiger partial charge in [0.15, 0.2) is 0 Å². The number of hydrogen-bond donors (Lipinski definition) is 0. The van der Waals surface area contributed by atoms with Gasteiger partial charge in [-0.25, -0.2) is 9.88 Å². The summed E-state index contributed by atoms with van der Waals surface area (Å²) in [5.41, 5.74) is 4.51. The molecule has 0 N–H and O–H groups in total. The summed E-state index contributed by atoms with van der Waals surface area (Å²) in [5, 5.41) is 0.561. The van der Waals surface area contributed by atoms with E-state index in [1.54, 1.807) is 35.2 Å². The average molecular weight is 354 g/mol. The van der Waals surface area contributed by atoms with Crippen LogP contribution >= 0.6 is 11.6 Å². The van der Waals surface area contributed by atoms with E-state index in [4.69, 9.17) is 11.6 Å². The van der Waals surface area contributed by atoms with Gasteiger partial charge in [0, 0.05) is 5.02 Å². The topological polar surface area (TPSA) is 55.2 Å². The molecule has 1 aliphatic rings. The predicted octanol–water partition coefficient (Wildman–Crippen LogP) is 3.81. The van der Waals surface area contributed by atoms with Crippen LogP contribution in [0, 0.1) is 13.8 Å². The number of hydrogen-bond acceptors (Lipinski definition) is 3. The normalized spacial score (nSPS) is 17.7. The Hall–Kier alpha value is -2.66. The van der Waals surface area contributed by atoms with Gasteiger partial charge < -0.3 is 4.57 Å². The Bertz CT molecular complexity index is 1010. The highest BCUT2D eigenvalue weighted by atomic mass is 35.5. The van der Waals surface area contributed by atoms with Gasteiger partial charge in [0.25, 0.3) is 5.91 Å². The number of carbonyl (C=O) groups excluding carboxylic acids is 2. The van der Waals surface area contributed by atoms with Gasteiger partial charge in [-0.2, -0.15) is 0 Å². The molecule has 0 bridgehead atoms. The fraction of sp³-hybridized carbons (Fsp3) is 0.211. The van der Waals surface area contributed by atoms with Crippen LogP contribution < -0.4 is 4.90 Å². The van der Waals surface area contributed by atoms with E-state index >= 15 is 0 Å². The third-order valence-electron chi connectivity index (χ3n) is 4.73. The lowest BCUT2D eigenvalue weighted by Gasteiger charge is -2.16. The Morgan fingerprint density at radius 3 is 2.48 bits per heavy atom. The second-order valence-electron chi connectivity index (χ2n) is 6.34. The molecule has 1 unspecified atom stereocenters. The van der Waals surface area contributed by atoms with E-state index in [1.165, 1.54) is 4.90 Å². The van der Waals surface area contributed by atoms with E-state index in [2.05, 4.69) is 4.98 Å². The van der Waals surface area contributed by atoms with E-state index in [0.717, 1.165) is 22.2 Å². The number of rotatable bonds is 2. The molecule has 2 heterocycles. The van der Waals surface area contributed by atoms with Crippen molar-refractivity contribution in [2.24, 2.45) is 0 Å². The summed E-state index contributed by atoms with van der Waals surface area (Å²) >= 11 is 5.89. The first-order chi connectivity index (χ1) is 12.0. The molecular weight excluding hydrogens is 338 g/mol. The number of fused-ring (bicyclic) bond motifs is 1. The molecule has 1 saturated heterocycles. The first-order valence-electron chi connectivity index (χ1n) is 8.02. The van der Waals surface area contributed by atoms with E-state index in [9.17, 15) is 9.59 Å². The lowest BCUT2D eigenvalue weighted by molar-refractivity contribution is -0.122. The Morgan fingerprint density at radius 2 is 1.76 bits per heavy atom. The zero-order valence-corrected chi connectivity index (χ0v) is 14.6. The molecule has 6 heteroatoms. The molecule has 2 amide bonds. The largest absolute Gasteiger partial charge is 0.317 e. The van der Waals surface area contributed by atoms with Crippen molar-refractivity contribution < 1.29 is 9.59 Å². The van der Waals surface area contributed by atoms with Gasteiger partial charge in [-0.3, -0.25) is 9.59 Å². The van der Waals surface area contributed by atoms with E-state index in [0.29, 0.717) is 10.7 Å². The van der Waals surface area contributed by atoms with Crippen LogP contribution in [0.5, 0.6) is 0 Å². The second kappa shape index (κ2) is 5.70. The molecule has 0 radical (unpaired) electrons. The summed E-state index contributed by atoms with van der Waals surface area (Å²) in [6.07, 6.45) is 1.77. The van der Waals surface area contributed by atoms with Gasteiger partial charge in [0.2, 0.25) is 5.91 Å². The van der Waals surface area contributed by atoms with Crippen LogP contribution in [0.25, 0.3) is 11.0 Å². The SMILES string of the molecule is Cc1cc2ncn(C3CC(=O)N(c4ccc(Cl)cc4)C3=O)c2cc1C. The van der Waals surface area contributed by atoms with Crippen molar-refractivity contribution in [1.29, 1.82) is 0 Å². The Labute approximate surface area is 149 Å². The number of anilines is 1. The lowest BCUT2D eigenvalue weighted by Crippen LogP contribution is -2.30. The fourth-order valence-electron chi connectivity index (χ4n) is 3.23. The van der Waals surface area contributed by atoms with E-state index < -0.39 is 6.04 Å². The van der Waals surface area contributed by atoms with Crippen molar-refractivity contribution in [1.82, 2.24) is 9.55 Å². The van der Waals surface area contributed by atoms with Crippen LogP contribution in [0.3, 0.4) is 0 Å². The highest BCUT2D eigenvalue weighted by molar-refractivity contribution is 6.30.